The average molecular weight is 277 g/mol. The third-order valence-corrected chi connectivity index (χ3v) is 2.99. The Labute approximate surface area is 118 Å². The summed E-state index contributed by atoms with van der Waals surface area (Å²) < 4.78 is 0. The van der Waals surface area contributed by atoms with Crippen molar-refractivity contribution in [2.75, 3.05) is 18.0 Å². The Hall–Kier alpha value is -1.65. The first-order chi connectivity index (χ1) is 9.29. The van der Waals surface area contributed by atoms with Gasteiger partial charge >= 0.3 is 0 Å². The molecule has 0 bridgehead atoms. The van der Waals surface area contributed by atoms with Crippen LogP contribution in [-0.4, -0.2) is 23.3 Å². The van der Waals surface area contributed by atoms with E-state index in [-0.39, 0.29) is 0 Å². The molecular formula is C14H17ClN4. The highest BCUT2D eigenvalue weighted by atomic mass is 35.5. The predicted molar refractivity (Wildman–Crippen MR) is 78.2 cm³/mol. The van der Waals surface area contributed by atoms with Gasteiger partial charge in [0.25, 0.3) is 0 Å². The molecule has 1 aromatic heterocycles. The molecule has 0 spiro atoms. The van der Waals surface area contributed by atoms with Gasteiger partial charge in [-0.2, -0.15) is 0 Å². The van der Waals surface area contributed by atoms with Crippen LogP contribution in [0.5, 0.6) is 0 Å². The molecule has 1 aromatic carbocycles. The molecule has 0 amide bonds. The standard InChI is InChI=1S/C14H17ClN4/c15-13-7-8-14(18-17-13)19(10-4-9-16)11-12-5-2-1-3-6-12/h1-3,5-8H,4,9-11,16H2. The largest absolute Gasteiger partial charge is 0.351 e. The Morgan fingerprint density at radius 3 is 2.47 bits per heavy atom. The minimum atomic E-state index is 0.405. The van der Waals surface area contributed by atoms with Crippen LogP contribution in [0.15, 0.2) is 42.5 Å². The topological polar surface area (TPSA) is 55.0 Å². The van der Waals surface area contributed by atoms with Crippen molar-refractivity contribution in [3.63, 3.8) is 0 Å². The fourth-order valence-corrected chi connectivity index (χ4v) is 1.94. The highest BCUT2D eigenvalue weighted by Crippen LogP contribution is 2.15. The van der Waals surface area contributed by atoms with Crippen LogP contribution in [0.4, 0.5) is 5.82 Å². The third-order valence-electron chi connectivity index (χ3n) is 2.79. The molecular weight excluding hydrogens is 260 g/mol. The third kappa shape index (κ3) is 4.19. The van der Waals surface area contributed by atoms with E-state index in [1.807, 2.05) is 24.3 Å². The molecule has 2 N–H and O–H groups in total. The molecule has 0 aliphatic rings. The number of anilines is 1. The van der Waals surface area contributed by atoms with E-state index < -0.39 is 0 Å². The SMILES string of the molecule is NCCCN(Cc1ccccc1)c1ccc(Cl)nn1. The van der Waals surface area contributed by atoms with Crippen molar-refractivity contribution in [1.82, 2.24) is 10.2 Å². The number of aromatic nitrogens is 2. The molecule has 4 nitrogen and oxygen atoms in total. The summed E-state index contributed by atoms with van der Waals surface area (Å²) in [4.78, 5) is 2.16. The summed E-state index contributed by atoms with van der Waals surface area (Å²) in [5.41, 5.74) is 6.82. The van der Waals surface area contributed by atoms with Crippen molar-refractivity contribution in [3.05, 3.63) is 53.2 Å². The summed E-state index contributed by atoms with van der Waals surface area (Å²) in [5, 5.41) is 8.43. The molecule has 19 heavy (non-hydrogen) atoms. The van der Waals surface area contributed by atoms with Gasteiger partial charge in [0.2, 0.25) is 0 Å². The molecule has 2 aromatic rings. The van der Waals surface area contributed by atoms with E-state index in [2.05, 4.69) is 27.2 Å². The molecule has 2 rings (SSSR count). The summed E-state index contributed by atoms with van der Waals surface area (Å²) in [6, 6.07) is 13.9. The molecule has 5 heteroatoms. The molecule has 0 aliphatic heterocycles. The molecule has 0 saturated carbocycles. The van der Waals surface area contributed by atoms with Gasteiger partial charge in [0.1, 0.15) is 0 Å². The molecule has 0 saturated heterocycles. The molecule has 0 fully saturated rings. The van der Waals surface area contributed by atoms with Crippen LogP contribution >= 0.6 is 11.6 Å². The van der Waals surface area contributed by atoms with Gasteiger partial charge in [0.05, 0.1) is 0 Å². The zero-order valence-corrected chi connectivity index (χ0v) is 11.4. The Kier molecular flexibility index (Phi) is 5.12. The van der Waals surface area contributed by atoms with Gasteiger partial charge in [-0.05, 0) is 30.7 Å². The van der Waals surface area contributed by atoms with Crippen LogP contribution in [-0.2, 0) is 6.54 Å². The van der Waals surface area contributed by atoms with Crippen molar-refractivity contribution in [1.29, 1.82) is 0 Å². The lowest BCUT2D eigenvalue weighted by atomic mass is 10.2. The second kappa shape index (κ2) is 7.07. The smallest absolute Gasteiger partial charge is 0.151 e. The first-order valence-electron chi connectivity index (χ1n) is 6.28. The summed E-state index contributed by atoms with van der Waals surface area (Å²) in [7, 11) is 0. The van der Waals surface area contributed by atoms with Gasteiger partial charge in [0, 0.05) is 13.1 Å². The number of hydrogen-bond acceptors (Lipinski definition) is 4. The maximum absolute atomic E-state index is 5.77. The Morgan fingerprint density at radius 1 is 1.05 bits per heavy atom. The second-order valence-corrected chi connectivity index (χ2v) is 4.65. The van der Waals surface area contributed by atoms with Gasteiger partial charge in [-0.1, -0.05) is 41.9 Å². The van der Waals surface area contributed by atoms with Crippen molar-refractivity contribution >= 4 is 17.4 Å². The van der Waals surface area contributed by atoms with Gasteiger partial charge in [-0.25, -0.2) is 0 Å². The highest BCUT2D eigenvalue weighted by molar-refractivity contribution is 6.29. The van der Waals surface area contributed by atoms with E-state index in [9.17, 15) is 0 Å². The van der Waals surface area contributed by atoms with E-state index in [0.29, 0.717) is 11.7 Å². The van der Waals surface area contributed by atoms with Crippen LogP contribution in [0, 0.1) is 0 Å². The van der Waals surface area contributed by atoms with E-state index in [1.165, 1.54) is 5.56 Å². The Morgan fingerprint density at radius 2 is 1.84 bits per heavy atom. The number of nitrogens with zero attached hydrogens (tertiary/aromatic N) is 3. The van der Waals surface area contributed by atoms with Crippen LogP contribution in [0.3, 0.4) is 0 Å². The quantitative estimate of drug-likeness (QED) is 0.881. The first kappa shape index (κ1) is 13.8. The number of halogens is 1. The monoisotopic (exact) mass is 276 g/mol. The van der Waals surface area contributed by atoms with Gasteiger partial charge in [-0.15, -0.1) is 10.2 Å². The first-order valence-corrected chi connectivity index (χ1v) is 6.65. The van der Waals surface area contributed by atoms with Crippen LogP contribution in [0.25, 0.3) is 0 Å². The summed E-state index contributed by atoms with van der Waals surface area (Å²) in [6.45, 7) is 2.30. The lowest BCUT2D eigenvalue weighted by Crippen LogP contribution is -2.26. The van der Waals surface area contributed by atoms with Crippen molar-refractivity contribution in [2.24, 2.45) is 5.73 Å². The van der Waals surface area contributed by atoms with E-state index >= 15 is 0 Å². The van der Waals surface area contributed by atoms with E-state index in [4.69, 9.17) is 17.3 Å². The average Bonchev–Trinajstić information content (AvgIpc) is 2.45. The lowest BCUT2D eigenvalue weighted by molar-refractivity contribution is 0.718. The predicted octanol–water partition coefficient (Wildman–Crippen LogP) is 2.49. The molecule has 0 radical (unpaired) electrons. The number of rotatable bonds is 6. The molecule has 0 atom stereocenters. The summed E-state index contributed by atoms with van der Waals surface area (Å²) >= 11 is 5.77. The van der Waals surface area contributed by atoms with E-state index in [1.54, 1.807) is 6.07 Å². The van der Waals surface area contributed by atoms with Gasteiger partial charge < -0.3 is 10.6 Å². The van der Waals surface area contributed by atoms with Crippen molar-refractivity contribution in [3.8, 4) is 0 Å². The number of hydrogen-bond donors (Lipinski definition) is 1. The fraction of sp³-hybridized carbons (Fsp3) is 0.286. The highest BCUT2D eigenvalue weighted by Gasteiger charge is 2.08. The fourth-order valence-electron chi connectivity index (χ4n) is 1.84. The normalized spacial score (nSPS) is 10.4. The Balaban J connectivity index is 2.13. The zero-order chi connectivity index (χ0) is 13.5. The maximum Gasteiger partial charge on any atom is 0.151 e. The van der Waals surface area contributed by atoms with Gasteiger partial charge in [-0.3, -0.25) is 0 Å². The van der Waals surface area contributed by atoms with E-state index in [0.717, 1.165) is 25.3 Å². The van der Waals surface area contributed by atoms with Gasteiger partial charge in [0.15, 0.2) is 11.0 Å². The molecule has 100 valence electrons. The minimum absolute atomic E-state index is 0.405. The minimum Gasteiger partial charge on any atom is -0.351 e. The summed E-state index contributed by atoms with van der Waals surface area (Å²) in [6.07, 6.45) is 0.914. The van der Waals surface area contributed by atoms with Crippen molar-refractivity contribution in [2.45, 2.75) is 13.0 Å². The molecule has 0 aliphatic carbocycles. The van der Waals surface area contributed by atoms with Crippen LogP contribution in [0.2, 0.25) is 5.15 Å². The zero-order valence-electron chi connectivity index (χ0n) is 10.7. The second-order valence-electron chi connectivity index (χ2n) is 4.26. The number of nitrogens with two attached hydrogens (primary N) is 1. The number of benzene rings is 1. The summed E-state index contributed by atoms with van der Waals surface area (Å²) in [5.74, 6) is 0.821. The molecule has 1 heterocycles. The lowest BCUT2D eigenvalue weighted by Gasteiger charge is -2.23. The van der Waals surface area contributed by atoms with Crippen LogP contribution < -0.4 is 10.6 Å². The maximum atomic E-state index is 5.77. The van der Waals surface area contributed by atoms with Crippen LogP contribution in [0.1, 0.15) is 12.0 Å². The van der Waals surface area contributed by atoms with Crippen molar-refractivity contribution < 1.29 is 0 Å². The Bertz CT molecular complexity index is 487. The molecule has 0 unspecified atom stereocenters.